The minimum absolute atomic E-state index is 0.0362. The zero-order valence-corrected chi connectivity index (χ0v) is 11.4. The molecule has 6 nitrogen and oxygen atoms in total. The summed E-state index contributed by atoms with van der Waals surface area (Å²) < 4.78 is 0. The van der Waals surface area contributed by atoms with Gasteiger partial charge in [0.15, 0.2) is 5.17 Å². The van der Waals surface area contributed by atoms with Crippen LogP contribution in [0.3, 0.4) is 0 Å². The molecule has 0 amide bonds. The summed E-state index contributed by atoms with van der Waals surface area (Å²) in [5.74, 6) is 0. The standard InChI is InChI=1S/C14H8N4O2S/c15-6-5-12-9-13(16-14-17(12)7-8-21-14)10-1-3-11(4-2-10)18(19)20/h1-5,7-9H/b12-5+. The van der Waals surface area contributed by atoms with Gasteiger partial charge in [-0.3, -0.25) is 15.0 Å². The second kappa shape index (κ2) is 5.26. The van der Waals surface area contributed by atoms with Crippen LogP contribution in [-0.2, 0) is 0 Å². The van der Waals surface area contributed by atoms with Gasteiger partial charge in [0, 0.05) is 30.0 Å². The molecule has 0 saturated carbocycles. The van der Waals surface area contributed by atoms with Crippen LogP contribution >= 0.6 is 11.8 Å². The van der Waals surface area contributed by atoms with Gasteiger partial charge in [-0.2, -0.15) is 5.26 Å². The fraction of sp³-hybridized carbons (Fsp3) is 0. The normalized spacial score (nSPS) is 18.0. The molecule has 0 saturated heterocycles. The predicted octanol–water partition coefficient (Wildman–Crippen LogP) is 3.23. The average Bonchev–Trinajstić information content (AvgIpc) is 2.96. The molecule has 0 bridgehead atoms. The number of hydrogen-bond donors (Lipinski definition) is 0. The molecule has 0 spiro atoms. The van der Waals surface area contributed by atoms with E-state index in [0.29, 0.717) is 5.70 Å². The number of nitrogens with zero attached hydrogens (tertiary/aromatic N) is 4. The number of rotatable bonds is 2. The molecule has 0 aliphatic carbocycles. The smallest absolute Gasteiger partial charge is 0.269 e. The molecule has 0 fully saturated rings. The number of benzene rings is 1. The highest BCUT2D eigenvalue weighted by atomic mass is 32.2. The highest BCUT2D eigenvalue weighted by Crippen LogP contribution is 2.33. The molecular weight excluding hydrogens is 288 g/mol. The minimum atomic E-state index is -0.440. The first-order valence-electron chi connectivity index (χ1n) is 5.96. The van der Waals surface area contributed by atoms with Gasteiger partial charge in [-0.25, -0.2) is 4.99 Å². The largest absolute Gasteiger partial charge is 0.295 e. The summed E-state index contributed by atoms with van der Waals surface area (Å²) in [5.41, 5.74) is 2.20. The van der Waals surface area contributed by atoms with Crippen molar-refractivity contribution in [2.24, 2.45) is 4.99 Å². The summed E-state index contributed by atoms with van der Waals surface area (Å²) in [6, 6.07) is 8.20. The van der Waals surface area contributed by atoms with Crippen LogP contribution in [0.2, 0.25) is 0 Å². The van der Waals surface area contributed by atoms with Crippen molar-refractivity contribution in [1.29, 1.82) is 5.26 Å². The Balaban J connectivity index is 2.00. The van der Waals surface area contributed by atoms with E-state index in [0.717, 1.165) is 16.4 Å². The van der Waals surface area contributed by atoms with E-state index < -0.39 is 4.92 Å². The topological polar surface area (TPSA) is 82.5 Å². The summed E-state index contributed by atoms with van der Waals surface area (Å²) in [4.78, 5) is 16.6. The Morgan fingerprint density at radius 2 is 2.14 bits per heavy atom. The third-order valence-electron chi connectivity index (χ3n) is 2.95. The first-order chi connectivity index (χ1) is 10.2. The number of nitro benzene ring substituents is 1. The Bertz CT molecular complexity index is 769. The lowest BCUT2D eigenvalue weighted by Gasteiger charge is -2.22. The fourth-order valence-electron chi connectivity index (χ4n) is 1.97. The van der Waals surface area contributed by atoms with Crippen LogP contribution in [-0.4, -0.2) is 15.0 Å². The Morgan fingerprint density at radius 1 is 1.38 bits per heavy atom. The van der Waals surface area contributed by atoms with Gasteiger partial charge in [0.1, 0.15) is 0 Å². The highest BCUT2D eigenvalue weighted by Gasteiger charge is 2.23. The zero-order chi connectivity index (χ0) is 14.8. The Hall–Kier alpha value is -2.85. The van der Waals surface area contributed by atoms with Crippen molar-refractivity contribution < 1.29 is 4.92 Å². The molecular formula is C14H8N4O2S. The van der Waals surface area contributed by atoms with Crippen molar-refractivity contribution in [3.8, 4) is 6.07 Å². The van der Waals surface area contributed by atoms with Gasteiger partial charge in [0.05, 0.1) is 22.4 Å². The summed E-state index contributed by atoms with van der Waals surface area (Å²) in [7, 11) is 0. The van der Waals surface area contributed by atoms with Crippen LogP contribution in [0.4, 0.5) is 5.69 Å². The van der Waals surface area contributed by atoms with Gasteiger partial charge >= 0.3 is 0 Å². The average molecular weight is 296 g/mol. The molecule has 3 rings (SSSR count). The lowest BCUT2D eigenvalue weighted by Crippen LogP contribution is -2.21. The number of thioether (sulfide) groups is 1. The highest BCUT2D eigenvalue weighted by molar-refractivity contribution is 8.16. The molecule has 1 aromatic rings. The van der Waals surface area contributed by atoms with Crippen LogP contribution in [0.1, 0.15) is 5.56 Å². The summed E-state index contributed by atoms with van der Waals surface area (Å²) in [5, 5.41) is 22.2. The second-order valence-electron chi connectivity index (χ2n) is 4.20. The van der Waals surface area contributed by atoms with Crippen LogP contribution in [0.15, 0.2) is 58.7 Å². The van der Waals surface area contributed by atoms with Crippen molar-refractivity contribution >= 4 is 28.3 Å². The summed E-state index contributed by atoms with van der Waals surface area (Å²) in [6.45, 7) is 0. The third-order valence-corrected chi connectivity index (χ3v) is 3.71. The summed E-state index contributed by atoms with van der Waals surface area (Å²) in [6.07, 6.45) is 5.07. The molecule has 0 unspecified atom stereocenters. The van der Waals surface area contributed by atoms with E-state index in [-0.39, 0.29) is 5.69 Å². The van der Waals surface area contributed by atoms with Gasteiger partial charge in [0.2, 0.25) is 0 Å². The van der Waals surface area contributed by atoms with Crippen molar-refractivity contribution in [2.45, 2.75) is 0 Å². The third kappa shape index (κ3) is 2.44. The number of non-ortho nitro benzene ring substituents is 1. The molecule has 1 aromatic carbocycles. The molecule has 2 aliphatic rings. The zero-order valence-electron chi connectivity index (χ0n) is 10.6. The first kappa shape index (κ1) is 13.1. The van der Waals surface area contributed by atoms with E-state index in [2.05, 4.69) is 4.99 Å². The van der Waals surface area contributed by atoms with E-state index >= 15 is 0 Å². The van der Waals surface area contributed by atoms with Gasteiger partial charge in [0.25, 0.3) is 5.69 Å². The lowest BCUT2D eigenvalue weighted by atomic mass is 10.1. The molecule has 0 aromatic heterocycles. The molecule has 0 radical (unpaired) electrons. The van der Waals surface area contributed by atoms with Crippen LogP contribution in [0.5, 0.6) is 0 Å². The van der Waals surface area contributed by atoms with E-state index in [1.54, 1.807) is 18.2 Å². The SMILES string of the molecule is N#C/C=C1\C=C(c2ccc([N+](=O)[O-])cc2)N=C2SC=CN21. The lowest BCUT2D eigenvalue weighted by molar-refractivity contribution is -0.384. The van der Waals surface area contributed by atoms with Crippen molar-refractivity contribution in [3.05, 3.63) is 69.4 Å². The van der Waals surface area contributed by atoms with Crippen molar-refractivity contribution in [2.75, 3.05) is 0 Å². The van der Waals surface area contributed by atoms with Crippen molar-refractivity contribution in [1.82, 2.24) is 4.90 Å². The van der Waals surface area contributed by atoms with E-state index in [1.165, 1.54) is 30.0 Å². The molecule has 102 valence electrons. The van der Waals surface area contributed by atoms with Gasteiger partial charge < -0.3 is 0 Å². The number of amidine groups is 1. The number of nitro groups is 1. The van der Waals surface area contributed by atoms with E-state index in [9.17, 15) is 10.1 Å². The molecule has 0 atom stereocenters. The van der Waals surface area contributed by atoms with Crippen LogP contribution in [0.25, 0.3) is 5.70 Å². The van der Waals surface area contributed by atoms with Gasteiger partial charge in [-0.15, -0.1) is 0 Å². The summed E-state index contributed by atoms with van der Waals surface area (Å²) >= 11 is 1.46. The maximum atomic E-state index is 10.7. The number of aliphatic imine (C=N–C) groups is 1. The van der Waals surface area contributed by atoms with Gasteiger partial charge in [-0.1, -0.05) is 11.8 Å². The molecule has 7 heteroatoms. The van der Waals surface area contributed by atoms with Crippen LogP contribution in [0, 0.1) is 21.4 Å². The maximum absolute atomic E-state index is 10.7. The van der Waals surface area contributed by atoms with Crippen LogP contribution < -0.4 is 0 Å². The number of allylic oxidation sites excluding steroid dienone is 2. The van der Waals surface area contributed by atoms with Gasteiger partial charge in [-0.05, 0) is 23.6 Å². The Kier molecular flexibility index (Phi) is 3.30. The number of nitriles is 1. The Labute approximate surface area is 124 Å². The van der Waals surface area contributed by atoms with Crippen molar-refractivity contribution in [3.63, 3.8) is 0 Å². The molecule has 2 aliphatic heterocycles. The second-order valence-corrected chi connectivity index (χ2v) is 5.07. The molecule has 21 heavy (non-hydrogen) atoms. The first-order valence-corrected chi connectivity index (χ1v) is 6.84. The maximum Gasteiger partial charge on any atom is 0.269 e. The predicted molar refractivity (Wildman–Crippen MR) is 80.8 cm³/mol. The number of fused-ring (bicyclic) bond motifs is 1. The Morgan fingerprint density at radius 3 is 2.81 bits per heavy atom. The minimum Gasteiger partial charge on any atom is -0.295 e. The fourth-order valence-corrected chi connectivity index (χ4v) is 2.71. The number of hydrogen-bond acceptors (Lipinski definition) is 6. The van der Waals surface area contributed by atoms with E-state index in [1.807, 2.05) is 22.6 Å². The quantitative estimate of drug-likeness (QED) is 0.475. The molecule has 2 heterocycles. The van der Waals surface area contributed by atoms with E-state index in [4.69, 9.17) is 5.26 Å². The monoisotopic (exact) mass is 296 g/mol. The molecule has 0 N–H and O–H groups in total.